The van der Waals surface area contributed by atoms with E-state index in [-0.39, 0.29) is 12.6 Å². The van der Waals surface area contributed by atoms with E-state index in [9.17, 15) is 8.78 Å². The summed E-state index contributed by atoms with van der Waals surface area (Å²) in [5, 5.41) is 12.1. The lowest BCUT2D eigenvalue weighted by atomic mass is 9.97. The monoisotopic (exact) mass is 234 g/mol. The van der Waals surface area contributed by atoms with E-state index in [0.717, 1.165) is 0 Å². The number of rotatable bonds is 8. The first-order valence-electron chi connectivity index (χ1n) is 5.44. The zero-order valence-electron chi connectivity index (χ0n) is 10.1. The third-order valence-electron chi connectivity index (χ3n) is 2.06. The largest absolute Gasteiger partial charge is 0.376 e. The summed E-state index contributed by atoms with van der Waals surface area (Å²) >= 11 is 0. The molecule has 1 unspecified atom stereocenters. The molecule has 0 aliphatic carbocycles. The van der Waals surface area contributed by atoms with Gasteiger partial charge < -0.3 is 4.74 Å². The van der Waals surface area contributed by atoms with Crippen LogP contribution in [0.15, 0.2) is 0 Å². The molecule has 0 amide bonds. The lowest BCUT2D eigenvalue weighted by Gasteiger charge is -2.25. The number of nitriles is 1. The molecule has 0 saturated carbocycles. The molecule has 0 fully saturated rings. The first-order chi connectivity index (χ1) is 7.39. The van der Waals surface area contributed by atoms with Crippen molar-refractivity contribution in [2.75, 3.05) is 13.2 Å². The van der Waals surface area contributed by atoms with Gasteiger partial charge in [-0.1, -0.05) is 0 Å². The van der Waals surface area contributed by atoms with Crippen molar-refractivity contribution in [1.29, 1.82) is 5.26 Å². The van der Waals surface area contributed by atoms with Crippen molar-refractivity contribution in [3.8, 4) is 6.07 Å². The van der Waals surface area contributed by atoms with Gasteiger partial charge in [-0.2, -0.15) is 5.26 Å². The third kappa shape index (κ3) is 7.55. The van der Waals surface area contributed by atoms with Crippen LogP contribution < -0.4 is 5.32 Å². The van der Waals surface area contributed by atoms with E-state index in [2.05, 4.69) is 11.4 Å². The molecule has 0 aromatic heterocycles. The van der Waals surface area contributed by atoms with Crippen molar-refractivity contribution >= 4 is 0 Å². The van der Waals surface area contributed by atoms with Gasteiger partial charge in [0.25, 0.3) is 6.43 Å². The molecule has 0 rings (SSSR count). The summed E-state index contributed by atoms with van der Waals surface area (Å²) in [5.74, 6) is 0. The van der Waals surface area contributed by atoms with Crippen molar-refractivity contribution < 1.29 is 13.5 Å². The molecule has 0 aliphatic rings. The van der Waals surface area contributed by atoms with Gasteiger partial charge in [-0.15, -0.1) is 0 Å². The molecule has 0 aromatic rings. The Morgan fingerprint density at radius 2 is 2.06 bits per heavy atom. The summed E-state index contributed by atoms with van der Waals surface area (Å²) in [6, 6.07) is 2.41. The standard InChI is InChI=1S/C11H20F2N2O/c1-9(2)15-11(3,8-14)5-4-6-16-7-10(12)13/h9-10,15H,4-7H2,1-3H3. The Hall–Kier alpha value is -0.730. The molecule has 94 valence electrons. The van der Waals surface area contributed by atoms with Crippen LogP contribution >= 0.6 is 0 Å². The van der Waals surface area contributed by atoms with Crippen LogP contribution in [0.1, 0.15) is 33.6 Å². The van der Waals surface area contributed by atoms with Crippen molar-refractivity contribution in [2.24, 2.45) is 0 Å². The first-order valence-corrected chi connectivity index (χ1v) is 5.44. The summed E-state index contributed by atoms with van der Waals surface area (Å²) in [6.45, 7) is 5.47. The number of alkyl halides is 2. The number of nitrogens with zero attached hydrogens (tertiary/aromatic N) is 1. The highest BCUT2D eigenvalue weighted by Crippen LogP contribution is 2.12. The molecule has 0 bridgehead atoms. The van der Waals surface area contributed by atoms with Crippen LogP contribution in [0.3, 0.4) is 0 Å². The SMILES string of the molecule is CC(C)NC(C)(C#N)CCCOCC(F)F. The Morgan fingerprint density at radius 3 is 2.50 bits per heavy atom. The van der Waals surface area contributed by atoms with E-state index in [1.807, 2.05) is 13.8 Å². The average Bonchev–Trinajstić information content (AvgIpc) is 2.15. The minimum absolute atomic E-state index is 0.214. The van der Waals surface area contributed by atoms with E-state index < -0.39 is 18.6 Å². The van der Waals surface area contributed by atoms with E-state index in [1.54, 1.807) is 6.92 Å². The van der Waals surface area contributed by atoms with Gasteiger partial charge in [0, 0.05) is 12.6 Å². The van der Waals surface area contributed by atoms with Crippen LogP contribution in [0.4, 0.5) is 8.78 Å². The van der Waals surface area contributed by atoms with Gasteiger partial charge in [0.15, 0.2) is 0 Å². The molecule has 0 radical (unpaired) electrons. The fourth-order valence-electron chi connectivity index (χ4n) is 1.50. The molecular weight excluding hydrogens is 214 g/mol. The minimum atomic E-state index is -2.42. The topological polar surface area (TPSA) is 45.0 Å². The van der Waals surface area contributed by atoms with Gasteiger partial charge in [-0.05, 0) is 33.6 Å². The first kappa shape index (κ1) is 15.3. The predicted molar refractivity (Wildman–Crippen MR) is 58.3 cm³/mol. The molecule has 0 heterocycles. The second-order valence-electron chi connectivity index (χ2n) is 4.31. The average molecular weight is 234 g/mol. The fraction of sp³-hybridized carbons (Fsp3) is 0.909. The van der Waals surface area contributed by atoms with Crippen LogP contribution in [0.25, 0.3) is 0 Å². The normalized spacial score (nSPS) is 15.1. The molecule has 16 heavy (non-hydrogen) atoms. The maximum atomic E-state index is 11.7. The Bertz CT molecular complexity index is 229. The number of halogens is 2. The minimum Gasteiger partial charge on any atom is -0.376 e. The van der Waals surface area contributed by atoms with E-state index in [4.69, 9.17) is 10.00 Å². The van der Waals surface area contributed by atoms with Crippen LogP contribution in [-0.4, -0.2) is 31.2 Å². The highest BCUT2D eigenvalue weighted by molar-refractivity contribution is 5.04. The zero-order chi connectivity index (χ0) is 12.6. The molecule has 5 heteroatoms. The molecule has 0 aromatic carbocycles. The second kappa shape index (κ2) is 7.53. The van der Waals surface area contributed by atoms with E-state index in [1.165, 1.54) is 0 Å². The Kier molecular flexibility index (Phi) is 7.18. The van der Waals surface area contributed by atoms with Crippen LogP contribution in [0.5, 0.6) is 0 Å². The lowest BCUT2D eigenvalue weighted by molar-refractivity contribution is 0.0152. The highest BCUT2D eigenvalue weighted by Gasteiger charge is 2.23. The summed E-state index contributed by atoms with van der Waals surface area (Å²) in [7, 11) is 0. The molecule has 1 N–H and O–H groups in total. The maximum absolute atomic E-state index is 11.7. The Labute approximate surface area is 95.8 Å². The quantitative estimate of drug-likeness (QED) is 0.655. The third-order valence-corrected chi connectivity index (χ3v) is 2.06. The van der Waals surface area contributed by atoms with Gasteiger partial charge in [0.1, 0.15) is 12.1 Å². The van der Waals surface area contributed by atoms with Crippen molar-refractivity contribution in [1.82, 2.24) is 5.32 Å². The zero-order valence-corrected chi connectivity index (χ0v) is 10.1. The summed E-state index contributed by atoms with van der Waals surface area (Å²) in [5.41, 5.74) is -0.609. The predicted octanol–water partition coefficient (Wildman–Crippen LogP) is 2.33. The summed E-state index contributed by atoms with van der Waals surface area (Å²) < 4.78 is 28.2. The maximum Gasteiger partial charge on any atom is 0.261 e. The van der Waals surface area contributed by atoms with Crippen LogP contribution in [-0.2, 0) is 4.74 Å². The molecular formula is C11H20F2N2O. The Morgan fingerprint density at radius 1 is 1.44 bits per heavy atom. The molecule has 0 aliphatic heterocycles. The molecule has 0 spiro atoms. The van der Waals surface area contributed by atoms with Crippen molar-refractivity contribution in [3.05, 3.63) is 0 Å². The van der Waals surface area contributed by atoms with Crippen LogP contribution in [0.2, 0.25) is 0 Å². The number of ether oxygens (including phenoxy) is 1. The number of hydrogen-bond acceptors (Lipinski definition) is 3. The second-order valence-corrected chi connectivity index (χ2v) is 4.31. The summed E-state index contributed by atoms with van der Waals surface area (Å²) in [4.78, 5) is 0. The molecule has 1 atom stereocenters. The van der Waals surface area contributed by atoms with Gasteiger partial charge in [0.05, 0.1) is 6.07 Å². The van der Waals surface area contributed by atoms with E-state index in [0.29, 0.717) is 12.8 Å². The van der Waals surface area contributed by atoms with Gasteiger partial charge >= 0.3 is 0 Å². The van der Waals surface area contributed by atoms with E-state index >= 15 is 0 Å². The van der Waals surface area contributed by atoms with Crippen molar-refractivity contribution in [3.63, 3.8) is 0 Å². The lowest BCUT2D eigenvalue weighted by Crippen LogP contribution is -2.45. The Balaban J connectivity index is 3.75. The smallest absolute Gasteiger partial charge is 0.261 e. The molecule has 0 saturated heterocycles. The summed E-state index contributed by atoms with van der Waals surface area (Å²) in [6.07, 6.45) is -1.24. The van der Waals surface area contributed by atoms with Crippen LogP contribution in [0, 0.1) is 11.3 Å². The molecule has 3 nitrogen and oxygen atoms in total. The van der Waals surface area contributed by atoms with Gasteiger partial charge in [-0.3, -0.25) is 5.32 Å². The van der Waals surface area contributed by atoms with Gasteiger partial charge in [-0.25, -0.2) is 8.78 Å². The van der Waals surface area contributed by atoms with Crippen molar-refractivity contribution in [2.45, 2.75) is 51.6 Å². The van der Waals surface area contributed by atoms with Gasteiger partial charge in [0.2, 0.25) is 0 Å². The number of hydrogen-bond donors (Lipinski definition) is 1. The number of nitrogens with one attached hydrogen (secondary N) is 1. The highest BCUT2D eigenvalue weighted by atomic mass is 19.3. The fourth-order valence-corrected chi connectivity index (χ4v) is 1.50.